The molecule has 106 valence electrons. The molecule has 0 bridgehead atoms. The van der Waals surface area contributed by atoms with Gasteiger partial charge in [0.1, 0.15) is 10.0 Å². The third-order valence-electron chi connectivity index (χ3n) is 2.51. The summed E-state index contributed by atoms with van der Waals surface area (Å²) < 4.78 is 26.8. The van der Waals surface area contributed by atoms with E-state index in [1.807, 2.05) is 0 Å². The van der Waals surface area contributed by atoms with Gasteiger partial charge in [0.15, 0.2) is 0 Å². The van der Waals surface area contributed by atoms with Crippen LogP contribution < -0.4 is 4.72 Å². The molecule has 1 aromatic carbocycles. The molecule has 2 aromatic rings. The Labute approximate surface area is 126 Å². The molecule has 0 amide bonds. The van der Waals surface area contributed by atoms with Crippen molar-refractivity contribution in [3.05, 3.63) is 52.3 Å². The molecule has 0 unspecified atom stereocenters. The lowest BCUT2D eigenvalue weighted by atomic mass is 10.2. The van der Waals surface area contributed by atoms with Crippen molar-refractivity contribution < 1.29 is 13.5 Å². The van der Waals surface area contributed by atoms with Crippen LogP contribution >= 0.6 is 23.2 Å². The number of aromatic nitrogens is 1. The molecule has 0 atom stereocenters. The van der Waals surface area contributed by atoms with Gasteiger partial charge in [-0.2, -0.15) is 0 Å². The quantitative estimate of drug-likeness (QED) is 0.843. The standard InChI is InChI=1S/C12H10Cl2N2O3S/c13-10-5-9(6-15-12(10)14)20(18,19)16-11-4-2-1-3-8(11)7-17/h1-6,16-17H,7H2. The normalized spacial score (nSPS) is 11.3. The first kappa shape index (κ1) is 15.1. The fraction of sp³-hybridized carbons (Fsp3) is 0.0833. The second-order valence-electron chi connectivity index (χ2n) is 3.86. The fourth-order valence-electron chi connectivity index (χ4n) is 1.51. The Morgan fingerprint density at radius 2 is 1.95 bits per heavy atom. The van der Waals surface area contributed by atoms with Gasteiger partial charge in [-0.05, 0) is 12.1 Å². The summed E-state index contributed by atoms with van der Waals surface area (Å²) in [6.45, 7) is -0.279. The van der Waals surface area contributed by atoms with E-state index in [9.17, 15) is 13.5 Å². The smallest absolute Gasteiger partial charge is 0.263 e. The number of halogens is 2. The number of sulfonamides is 1. The highest BCUT2D eigenvalue weighted by Gasteiger charge is 2.17. The highest BCUT2D eigenvalue weighted by molar-refractivity contribution is 7.92. The first-order valence-corrected chi connectivity index (χ1v) is 7.70. The average molecular weight is 333 g/mol. The lowest BCUT2D eigenvalue weighted by molar-refractivity contribution is 0.282. The van der Waals surface area contributed by atoms with Gasteiger partial charge < -0.3 is 5.11 Å². The number of nitrogens with zero attached hydrogens (tertiary/aromatic N) is 1. The monoisotopic (exact) mass is 332 g/mol. The minimum absolute atomic E-state index is 0.0291. The van der Waals surface area contributed by atoms with Crippen LogP contribution in [0.4, 0.5) is 5.69 Å². The molecule has 1 heterocycles. The Kier molecular flexibility index (Phi) is 4.49. The SMILES string of the molecule is O=S(=O)(Nc1ccccc1CO)c1cnc(Cl)c(Cl)c1. The van der Waals surface area contributed by atoms with E-state index >= 15 is 0 Å². The van der Waals surface area contributed by atoms with Crippen LogP contribution in [0.25, 0.3) is 0 Å². The van der Waals surface area contributed by atoms with Gasteiger partial charge in [-0.3, -0.25) is 4.72 Å². The molecule has 1 aromatic heterocycles. The minimum atomic E-state index is -3.85. The highest BCUT2D eigenvalue weighted by Crippen LogP contribution is 2.24. The minimum Gasteiger partial charge on any atom is -0.392 e. The highest BCUT2D eigenvalue weighted by atomic mass is 35.5. The molecule has 0 aliphatic heterocycles. The number of pyridine rings is 1. The van der Waals surface area contributed by atoms with Gasteiger partial charge in [0.25, 0.3) is 10.0 Å². The van der Waals surface area contributed by atoms with Crippen LogP contribution in [-0.4, -0.2) is 18.5 Å². The van der Waals surface area contributed by atoms with Crippen LogP contribution in [0.5, 0.6) is 0 Å². The van der Waals surface area contributed by atoms with Crippen LogP contribution in [0.15, 0.2) is 41.4 Å². The Hall–Kier alpha value is -1.34. The maximum atomic E-state index is 12.2. The number of benzene rings is 1. The second-order valence-corrected chi connectivity index (χ2v) is 6.31. The average Bonchev–Trinajstić information content (AvgIpc) is 2.42. The van der Waals surface area contributed by atoms with Gasteiger partial charge in [0.05, 0.1) is 17.3 Å². The zero-order valence-electron chi connectivity index (χ0n) is 10.0. The van der Waals surface area contributed by atoms with Crippen molar-refractivity contribution in [3.8, 4) is 0 Å². The summed E-state index contributed by atoms with van der Waals surface area (Å²) in [5.74, 6) is 0. The van der Waals surface area contributed by atoms with E-state index in [1.54, 1.807) is 24.3 Å². The number of rotatable bonds is 4. The van der Waals surface area contributed by atoms with Crippen LogP contribution in [-0.2, 0) is 16.6 Å². The Morgan fingerprint density at radius 3 is 2.60 bits per heavy atom. The molecule has 0 aliphatic rings. The number of para-hydroxylation sites is 1. The summed E-state index contributed by atoms with van der Waals surface area (Å²) >= 11 is 11.4. The van der Waals surface area contributed by atoms with Crippen LogP contribution in [0.3, 0.4) is 0 Å². The van der Waals surface area contributed by atoms with E-state index in [0.717, 1.165) is 6.20 Å². The molecule has 8 heteroatoms. The molecule has 2 rings (SSSR count). The molecule has 2 N–H and O–H groups in total. The summed E-state index contributed by atoms with van der Waals surface area (Å²) in [6, 6.07) is 7.73. The van der Waals surface area contributed by atoms with Crippen molar-refractivity contribution in [1.29, 1.82) is 0 Å². The third kappa shape index (κ3) is 3.21. The Morgan fingerprint density at radius 1 is 1.25 bits per heavy atom. The van der Waals surface area contributed by atoms with Gasteiger partial charge in [-0.15, -0.1) is 0 Å². The third-order valence-corrected chi connectivity index (χ3v) is 4.53. The summed E-state index contributed by atoms with van der Waals surface area (Å²) in [6.07, 6.45) is 1.11. The maximum absolute atomic E-state index is 12.2. The summed E-state index contributed by atoms with van der Waals surface area (Å²) in [4.78, 5) is 3.58. The van der Waals surface area contributed by atoms with Crippen molar-refractivity contribution >= 4 is 38.9 Å². The van der Waals surface area contributed by atoms with Crippen LogP contribution in [0.1, 0.15) is 5.56 Å². The first-order valence-electron chi connectivity index (χ1n) is 5.46. The number of aliphatic hydroxyl groups excluding tert-OH is 1. The zero-order chi connectivity index (χ0) is 14.8. The van der Waals surface area contributed by atoms with Crippen molar-refractivity contribution in [2.24, 2.45) is 0 Å². The Balaban J connectivity index is 2.38. The van der Waals surface area contributed by atoms with Gasteiger partial charge in [0, 0.05) is 11.8 Å². The number of hydrogen-bond donors (Lipinski definition) is 2. The molecule has 5 nitrogen and oxygen atoms in total. The first-order chi connectivity index (χ1) is 9.44. The van der Waals surface area contributed by atoms with E-state index in [4.69, 9.17) is 23.2 Å². The fourth-order valence-corrected chi connectivity index (χ4v) is 2.92. The molecular formula is C12H10Cl2N2O3S. The number of hydrogen-bond acceptors (Lipinski definition) is 4. The summed E-state index contributed by atoms with van der Waals surface area (Å²) in [7, 11) is -3.85. The van der Waals surface area contributed by atoms with E-state index in [0.29, 0.717) is 11.3 Å². The van der Waals surface area contributed by atoms with E-state index < -0.39 is 10.0 Å². The molecule has 0 aliphatic carbocycles. The number of nitrogens with one attached hydrogen (secondary N) is 1. The molecule has 0 saturated carbocycles. The predicted octanol–water partition coefficient (Wildman–Crippen LogP) is 2.68. The molecule has 0 spiro atoms. The lowest BCUT2D eigenvalue weighted by Crippen LogP contribution is -2.14. The van der Waals surface area contributed by atoms with Crippen molar-refractivity contribution in [2.75, 3.05) is 4.72 Å². The number of aliphatic hydroxyl groups is 1. The van der Waals surface area contributed by atoms with E-state index in [2.05, 4.69) is 9.71 Å². The lowest BCUT2D eigenvalue weighted by Gasteiger charge is -2.11. The maximum Gasteiger partial charge on any atom is 0.263 e. The van der Waals surface area contributed by atoms with Gasteiger partial charge in [-0.1, -0.05) is 41.4 Å². The Bertz CT molecular complexity index is 735. The van der Waals surface area contributed by atoms with Gasteiger partial charge >= 0.3 is 0 Å². The predicted molar refractivity (Wildman–Crippen MR) is 77.4 cm³/mol. The van der Waals surface area contributed by atoms with Crippen molar-refractivity contribution in [3.63, 3.8) is 0 Å². The largest absolute Gasteiger partial charge is 0.392 e. The van der Waals surface area contributed by atoms with Crippen LogP contribution in [0, 0.1) is 0 Å². The molecule has 0 radical (unpaired) electrons. The van der Waals surface area contributed by atoms with Crippen molar-refractivity contribution in [1.82, 2.24) is 4.98 Å². The summed E-state index contributed by atoms with van der Waals surface area (Å²) in [5.41, 5.74) is 0.755. The zero-order valence-corrected chi connectivity index (χ0v) is 12.4. The topological polar surface area (TPSA) is 79.3 Å². The second kappa shape index (κ2) is 5.97. The summed E-state index contributed by atoms with van der Waals surface area (Å²) in [5, 5.41) is 9.26. The van der Waals surface area contributed by atoms with Gasteiger partial charge in [0.2, 0.25) is 0 Å². The molecule has 0 saturated heterocycles. The van der Waals surface area contributed by atoms with Crippen molar-refractivity contribution in [2.45, 2.75) is 11.5 Å². The van der Waals surface area contributed by atoms with E-state index in [-0.39, 0.29) is 21.7 Å². The van der Waals surface area contributed by atoms with Crippen LogP contribution in [0.2, 0.25) is 10.2 Å². The molecule has 20 heavy (non-hydrogen) atoms. The molecule has 0 fully saturated rings. The number of anilines is 1. The molecular weight excluding hydrogens is 323 g/mol. The van der Waals surface area contributed by atoms with E-state index in [1.165, 1.54) is 6.07 Å². The van der Waals surface area contributed by atoms with Gasteiger partial charge in [-0.25, -0.2) is 13.4 Å².